The zero-order valence-electron chi connectivity index (χ0n) is 8.42. The van der Waals surface area contributed by atoms with Gasteiger partial charge in [-0.1, -0.05) is 0 Å². The molecule has 0 bridgehead atoms. The molecule has 1 unspecified atom stereocenters. The first-order chi connectivity index (χ1) is 6.84. The average Bonchev–Trinajstić information content (AvgIpc) is 2.60. The Kier molecular flexibility index (Phi) is 3.56. The second-order valence-electron chi connectivity index (χ2n) is 4.12. The standard InChI is InChI=1S/C10H18N2OS/c13-10(12-8-3-1-4-8)11-7-9-5-2-6-14-9/h8-9H,1-7H2,(H2,11,12,13). The largest absolute Gasteiger partial charge is 0.337 e. The lowest BCUT2D eigenvalue weighted by atomic mass is 9.93. The SMILES string of the molecule is O=C(NCC1CCCS1)NC1CCC1. The van der Waals surface area contributed by atoms with E-state index < -0.39 is 0 Å². The third-order valence-corrected chi connectivity index (χ3v) is 4.35. The van der Waals surface area contributed by atoms with Gasteiger partial charge < -0.3 is 10.6 Å². The summed E-state index contributed by atoms with van der Waals surface area (Å²) in [5.74, 6) is 1.26. The molecule has 1 atom stereocenters. The highest BCUT2D eigenvalue weighted by atomic mass is 32.2. The number of rotatable bonds is 3. The van der Waals surface area contributed by atoms with E-state index in [1.807, 2.05) is 11.8 Å². The molecule has 0 radical (unpaired) electrons. The predicted octanol–water partition coefficient (Wildman–Crippen LogP) is 1.73. The van der Waals surface area contributed by atoms with E-state index in [1.54, 1.807) is 0 Å². The molecule has 0 aromatic rings. The monoisotopic (exact) mass is 214 g/mol. The molecule has 0 spiro atoms. The van der Waals surface area contributed by atoms with E-state index in [4.69, 9.17) is 0 Å². The highest BCUT2D eigenvalue weighted by Crippen LogP contribution is 2.25. The minimum absolute atomic E-state index is 0.0298. The first-order valence-corrected chi connectivity index (χ1v) is 6.55. The molecule has 1 saturated heterocycles. The van der Waals surface area contributed by atoms with Crippen LogP contribution in [-0.2, 0) is 0 Å². The van der Waals surface area contributed by atoms with Crippen molar-refractivity contribution in [1.29, 1.82) is 0 Å². The van der Waals surface area contributed by atoms with Crippen molar-refractivity contribution < 1.29 is 4.79 Å². The van der Waals surface area contributed by atoms with Gasteiger partial charge in [-0.3, -0.25) is 0 Å². The van der Waals surface area contributed by atoms with Crippen LogP contribution in [0.3, 0.4) is 0 Å². The summed E-state index contributed by atoms with van der Waals surface area (Å²) < 4.78 is 0. The molecule has 1 aliphatic heterocycles. The van der Waals surface area contributed by atoms with Crippen LogP contribution >= 0.6 is 11.8 Å². The van der Waals surface area contributed by atoms with Crippen LogP contribution in [0.1, 0.15) is 32.1 Å². The summed E-state index contributed by atoms with van der Waals surface area (Å²) in [6.07, 6.45) is 6.15. The maximum atomic E-state index is 11.4. The molecule has 2 fully saturated rings. The molecule has 1 saturated carbocycles. The van der Waals surface area contributed by atoms with Crippen molar-refractivity contribution in [1.82, 2.24) is 10.6 Å². The van der Waals surface area contributed by atoms with Gasteiger partial charge in [-0.25, -0.2) is 4.79 Å². The van der Waals surface area contributed by atoms with Gasteiger partial charge in [0.1, 0.15) is 0 Å². The Morgan fingerprint density at radius 2 is 2.14 bits per heavy atom. The maximum absolute atomic E-state index is 11.4. The van der Waals surface area contributed by atoms with Gasteiger partial charge in [-0.2, -0.15) is 11.8 Å². The van der Waals surface area contributed by atoms with E-state index in [9.17, 15) is 4.79 Å². The number of carbonyl (C=O) groups excluding carboxylic acids is 1. The fourth-order valence-corrected chi connectivity index (χ4v) is 3.00. The molecule has 1 aliphatic carbocycles. The first kappa shape index (κ1) is 10.1. The van der Waals surface area contributed by atoms with Crippen molar-refractivity contribution in [3.63, 3.8) is 0 Å². The van der Waals surface area contributed by atoms with E-state index >= 15 is 0 Å². The van der Waals surface area contributed by atoms with Crippen LogP contribution < -0.4 is 10.6 Å². The zero-order chi connectivity index (χ0) is 9.80. The molecular weight excluding hydrogens is 196 g/mol. The maximum Gasteiger partial charge on any atom is 0.315 e. The highest BCUT2D eigenvalue weighted by molar-refractivity contribution is 8.00. The van der Waals surface area contributed by atoms with Crippen LogP contribution in [-0.4, -0.2) is 29.6 Å². The summed E-state index contributed by atoms with van der Waals surface area (Å²) in [4.78, 5) is 11.4. The Morgan fingerprint density at radius 1 is 1.29 bits per heavy atom. The van der Waals surface area contributed by atoms with Crippen LogP contribution in [0.5, 0.6) is 0 Å². The van der Waals surface area contributed by atoms with Crippen molar-refractivity contribution >= 4 is 17.8 Å². The molecule has 0 aromatic heterocycles. The molecular formula is C10H18N2OS. The van der Waals surface area contributed by atoms with Crippen LogP contribution in [0.25, 0.3) is 0 Å². The quantitative estimate of drug-likeness (QED) is 0.751. The highest BCUT2D eigenvalue weighted by Gasteiger charge is 2.20. The Labute approximate surface area is 89.4 Å². The Hall–Kier alpha value is -0.380. The topological polar surface area (TPSA) is 41.1 Å². The van der Waals surface area contributed by atoms with E-state index in [0.29, 0.717) is 11.3 Å². The van der Waals surface area contributed by atoms with Crippen molar-refractivity contribution in [2.45, 2.75) is 43.4 Å². The van der Waals surface area contributed by atoms with Gasteiger partial charge in [0.05, 0.1) is 0 Å². The fourth-order valence-electron chi connectivity index (χ4n) is 1.80. The number of thioether (sulfide) groups is 1. The molecule has 2 amide bonds. The number of hydrogen-bond acceptors (Lipinski definition) is 2. The van der Waals surface area contributed by atoms with E-state index in [1.165, 1.54) is 25.0 Å². The lowest BCUT2D eigenvalue weighted by Gasteiger charge is -2.26. The minimum Gasteiger partial charge on any atom is -0.337 e. The fraction of sp³-hybridized carbons (Fsp3) is 0.900. The summed E-state index contributed by atoms with van der Waals surface area (Å²) in [7, 11) is 0. The number of urea groups is 1. The predicted molar refractivity (Wildman–Crippen MR) is 59.7 cm³/mol. The summed E-state index contributed by atoms with van der Waals surface area (Å²) >= 11 is 1.98. The van der Waals surface area contributed by atoms with E-state index in [2.05, 4.69) is 10.6 Å². The molecule has 3 nitrogen and oxygen atoms in total. The summed E-state index contributed by atoms with van der Waals surface area (Å²) in [6, 6.07) is 0.480. The third-order valence-electron chi connectivity index (χ3n) is 2.95. The number of nitrogens with one attached hydrogen (secondary N) is 2. The second kappa shape index (κ2) is 4.91. The lowest BCUT2D eigenvalue weighted by molar-refractivity contribution is 0.228. The van der Waals surface area contributed by atoms with Crippen molar-refractivity contribution in [2.24, 2.45) is 0 Å². The number of carbonyl (C=O) groups is 1. The van der Waals surface area contributed by atoms with Gasteiger partial charge in [-0.05, 0) is 37.9 Å². The van der Waals surface area contributed by atoms with E-state index in [0.717, 1.165) is 19.4 Å². The number of amides is 2. The van der Waals surface area contributed by atoms with Crippen molar-refractivity contribution in [3.8, 4) is 0 Å². The Balaban J connectivity index is 1.57. The van der Waals surface area contributed by atoms with Crippen molar-refractivity contribution in [2.75, 3.05) is 12.3 Å². The molecule has 2 rings (SSSR count). The van der Waals surface area contributed by atoms with Crippen LogP contribution in [0.2, 0.25) is 0 Å². The van der Waals surface area contributed by atoms with Gasteiger partial charge in [0.25, 0.3) is 0 Å². The smallest absolute Gasteiger partial charge is 0.315 e. The van der Waals surface area contributed by atoms with Crippen LogP contribution in [0, 0.1) is 0 Å². The van der Waals surface area contributed by atoms with Gasteiger partial charge in [0, 0.05) is 17.8 Å². The molecule has 14 heavy (non-hydrogen) atoms. The first-order valence-electron chi connectivity index (χ1n) is 5.50. The summed E-state index contributed by atoms with van der Waals surface area (Å²) in [5, 5.41) is 6.59. The van der Waals surface area contributed by atoms with Gasteiger partial charge in [0.15, 0.2) is 0 Å². The lowest BCUT2D eigenvalue weighted by Crippen LogP contribution is -2.46. The Morgan fingerprint density at radius 3 is 2.71 bits per heavy atom. The second-order valence-corrected chi connectivity index (χ2v) is 5.53. The summed E-state index contributed by atoms with van der Waals surface area (Å²) in [6.45, 7) is 0.837. The van der Waals surface area contributed by atoms with Crippen LogP contribution in [0.4, 0.5) is 4.79 Å². The van der Waals surface area contributed by atoms with Crippen LogP contribution in [0.15, 0.2) is 0 Å². The van der Waals surface area contributed by atoms with E-state index in [-0.39, 0.29) is 6.03 Å². The van der Waals surface area contributed by atoms with Crippen molar-refractivity contribution in [3.05, 3.63) is 0 Å². The average molecular weight is 214 g/mol. The molecule has 2 N–H and O–H groups in total. The molecule has 2 aliphatic rings. The minimum atomic E-state index is 0.0298. The van der Waals surface area contributed by atoms with Gasteiger partial charge in [-0.15, -0.1) is 0 Å². The molecule has 1 heterocycles. The number of hydrogen-bond donors (Lipinski definition) is 2. The molecule has 4 heteroatoms. The van der Waals surface area contributed by atoms with Gasteiger partial charge in [0.2, 0.25) is 0 Å². The summed E-state index contributed by atoms with van der Waals surface area (Å²) in [5.41, 5.74) is 0. The third kappa shape index (κ3) is 2.80. The van der Waals surface area contributed by atoms with Gasteiger partial charge >= 0.3 is 6.03 Å². The molecule has 80 valence electrons. The zero-order valence-corrected chi connectivity index (χ0v) is 9.24. The molecule has 0 aromatic carbocycles. The Bertz CT molecular complexity index is 200. The normalized spacial score (nSPS) is 27.0.